The van der Waals surface area contributed by atoms with E-state index in [1.807, 2.05) is 6.07 Å². The van der Waals surface area contributed by atoms with Gasteiger partial charge in [0.1, 0.15) is 23.0 Å². The van der Waals surface area contributed by atoms with Crippen molar-refractivity contribution in [2.45, 2.75) is 0 Å². The number of aromatic nitrogens is 2. The summed E-state index contributed by atoms with van der Waals surface area (Å²) in [6.07, 6.45) is 0. The highest BCUT2D eigenvalue weighted by atomic mass is 28.3. The molecule has 0 radical (unpaired) electrons. The average Bonchev–Trinajstić information content (AvgIpc) is 3.97. The Bertz CT molecular complexity index is 4190. The van der Waals surface area contributed by atoms with E-state index >= 15 is 0 Å². The lowest BCUT2D eigenvalue weighted by molar-refractivity contribution is 0.464. The normalized spacial score (nSPS) is 12.6. The zero-order chi connectivity index (χ0) is 47.3. The van der Waals surface area contributed by atoms with Gasteiger partial charge in [0.15, 0.2) is 8.07 Å². The van der Waals surface area contributed by atoms with Crippen molar-refractivity contribution in [1.82, 2.24) is 9.13 Å². The number of fused-ring (bicyclic) bond motifs is 11. The van der Waals surface area contributed by atoms with Crippen LogP contribution in [0.5, 0.6) is 23.0 Å². The van der Waals surface area contributed by atoms with Crippen LogP contribution in [0.2, 0.25) is 0 Å². The first-order valence-corrected chi connectivity index (χ1v) is 26.8. The summed E-state index contributed by atoms with van der Waals surface area (Å²) in [4.78, 5) is 0. The first kappa shape index (κ1) is 40.8. The van der Waals surface area contributed by atoms with E-state index < -0.39 is 8.07 Å². The molecule has 6 heteroatoms. The molecule has 4 nitrogen and oxygen atoms in total. The van der Waals surface area contributed by atoms with Gasteiger partial charge < -0.3 is 18.6 Å². The van der Waals surface area contributed by atoms with E-state index in [-0.39, 0.29) is 6.71 Å². The Balaban J connectivity index is 0.894. The smallest absolute Gasteiger partial charge is 0.260 e. The fraction of sp³-hybridized carbons (Fsp3) is 0. The Hall–Kier alpha value is -9.10. The van der Waals surface area contributed by atoms with Crippen LogP contribution in [0.25, 0.3) is 66.1 Å². The molecule has 4 heterocycles. The second kappa shape index (κ2) is 16.0. The van der Waals surface area contributed by atoms with Gasteiger partial charge in [0, 0.05) is 44.4 Å². The van der Waals surface area contributed by atoms with E-state index in [9.17, 15) is 0 Å². The van der Waals surface area contributed by atoms with E-state index in [2.05, 4.69) is 264 Å². The Labute approximate surface area is 418 Å². The van der Waals surface area contributed by atoms with Gasteiger partial charge in [-0.1, -0.05) is 200 Å². The minimum atomic E-state index is -2.75. The molecule has 0 fully saturated rings. The summed E-state index contributed by atoms with van der Waals surface area (Å²) in [7, 11) is -2.75. The number of ether oxygens (including phenoxy) is 2. The Morgan fingerprint density at radius 3 is 1.58 bits per heavy atom. The largest absolute Gasteiger partial charge is 0.458 e. The third-order valence-electron chi connectivity index (χ3n) is 15.4. The summed E-state index contributed by atoms with van der Waals surface area (Å²) in [6, 6.07) is 95.4. The third kappa shape index (κ3) is 5.93. The van der Waals surface area contributed by atoms with Crippen LogP contribution in [-0.4, -0.2) is 23.9 Å². The van der Waals surface area contributed by atoms with Crippen molar-refractivity contribution in [1.29, 1.82) is 0 Å². The van der Waals surface area contributed by atoms with Gasteiger partial charge in [-0.3, -0.25) is 0 Å². The highest BCUT2D eigenvalue weighted by Crippen LogP contribution is 2.43. The predicted molar refractivity (Wildman–Crippen MR) is 302 cm³/mol. The molecule has 0 aliphatic carbocycles. The first-order chi connectivity index (χ1) is 35.7. The molecule has 0 atom stereocenters. The lowest BCUT2D eigenvalue weighted by Gasteiger charge is -2.35. The molecule has 11 aromatic carbocycles. The van der Waals surface area contributed by atoms with Crippen molar-refractivity contribution in [2.75, 3.05) is 0 Å². The zero-order valence-electron chi connectivity index (χ0n) is 39.1. The molecule has 0 unspecified atom stereocenters. The number of benzene rings is 11. The van der Waals surface area contributed by atoms with Crippen LogP contribution in [0, 0.1) is 0 Å². The molecule has 0 amide bonds. The molecule has 0 saturated carbocycles. The van der Waals surface area contributed by atoms with Crippen molar-refractivity contribution < 1.29 is 9.47 Å². The van der Waals surface area contributed by atoms with Crippen LogP contribution in [-0.2, 0) is 0 Å². The van der Waals surface area contributed by atoms with Gasteiger partial charge in [0.25, 0.3) is 6.71 Å². The fourth-order valence-electron chi connectivity index (χ4n) is 12.4. The molecule has 0 saturated heterocycles. The van der Waals surface area contributed by atoms with E-state index in [1.54, 1.807) is 0 Å². The minimum absolute atomic E-state index is 0.105. The third-order valence-corrected chi connectivity index (χ3v) is 20.2. The summed E-state index contributed by atoms with van der Waals surface area (Å²) in [5.41, 5.74) is 12.5. The van der Waals surface area contributed by atoms with E-state index in [0.29, 0.717) is 0 Å². The average molecular weight is 935 g/mol. The minimum Gasteiger partial charge on any atom is -0.458 e. The van der Waals surface area contributed by atoms with Crippen molar-refractivity contribution in [3.8, 4) is 45.5 Å². The molecular weight excluding hydrogens is 892 g/mol. The van der Waals surface area contributed by atoms with Crippen LogP contribution in [0.15, 0.2) is 261 Å². The van der Waals surface area contributed by atoms with E-state index in [1.165, 1.54) is 58.9 Å². The molecule has 15 rings (SSSR count). The maximum atomic E-state index is 6.99. The van der Waals surface area contributed by atoms with Gasteiger partial charge in [0.2, 0.25) is 0 Å². The first-order valence-electron chi connectivity index (χ1n) is 24.8. The van der Waals surface area contributed by atoms with Crippen LogP contribution in [0.3, 0.4) is 0 Å². The zero-order valence-corrected chi connectivity index (χ0v) is 40.1. The maximum Gasteiger partial charge on any atom is 0.260 e. The lowest BCUT2D eigenvalue weighted by Crippen LogP contribution is -2.74. The SMILES string of the molecule is c1ccc(-n2c3ccccc3c3ccc4c(c5ccccc5n4-c4ccc5c(c4)Oc4cccc6c4B5c4cc(-c5cccc([Si](c7ccccc7)(c7ccccc7)c7ccccc7)c5)ccc4O6)c32)cc1. The molecular formula is C66H43BN2O2Si. The van der Waals surface area contributed by atoms with Gasteiger partial charge in [0.05, 0.1) is 22.1 Å². The Morgan fingerprint density at radius 2 is 0.889 bits per heavy atom. The topological polar surface area (TPSA) is 28.3 Å². The van der Waals surface area contributed by atoms with Crippen molar-refractivity contribution in [2.24, 2.45) is 0 Å². The van der Waals surface area contributed by atoms with Crippen LogP contribution in [0.4, 0.5) is 0 Å². The summed E-state index contributed by atoms with van der Waals surface area (Å²) < 4.78 is 18.6. The number of rotatable bonds is 7. The molecule has 0 N–H and O–H groups in total. The Kier molecular flexibility index (Phi) is 9.04. The standard InChI is InChI=1S/C66H43BN2O2Si/c1-5-20-46(21-6-1)69-57-31-15-13-29-52(57)53-37-39-59-64(66(53)69)54-30-14-16-32-58(54)68(59)47-36-38-55-63(43-47)71-62-34-18-33-61-65(62)67(55)56-42-45(35-40-60(56)70-61)44-19-17-28-51(41-44)72(48-22-7-2-8-23-48,49-24-9-3-10-25-49)50-26-11-4-12-27-50/h1-43H. The number of para-hydroxylation sites is 3. The summed E-state index contributed by atoms with van der Waals surface area (Å²) in [5.74, 6) is 3.36. The molecule has 0 spiro atoms. The lowest BCUT2D eigenvalue weighted by atomic mass is 9.34. The predicted octanol–water partition coefficient (Wildman–Crippen LogP) is 11.7. The molecule has 13 aromatic rings. The Morgan fingerprint density at radius 1 is 0.319 bits per heavy atom. The molecule has 72 heavy (non-hydrogen) atoms. The van der Waals surface area contributed by atoms with Gasteiger partial charge >= 0.3 is 0 Å². The van der Waals surface area contributed by atoms with Crippen molar-refractivity contribution >= 4 is 95.5 Å². The molecule has 336 valence electrons. The van der Waals surface area contributed by atoms with Crippen molar-refractivity contribution in [3.05, 3.63) is 261 Å². The summed E-state index contributed by atoms with van der Waals surface area (Å²) in [5, 5.41) is 10.3. The van der Waals surface area contributed by atoms with Crippen LogP contribution in [0.1, 0.15) is 0 Å². The molecule has 2 aliphatic heterocycles. The highest BCUT2D eigenvalue weighted by Gasteiger charge is 2.43. The van der Waals surface area contributed by atoms with Gasteiger partial charge in [-0.2, -0.15) is 0 Å². The summed E-state index contributed by atoms with van der Waals surface area (Å²) >= 11 is 0. The van der Waals surface area contributed by atoms with Gasteiger partial charge in [-0.05, 0) is 97.4 Å². The quantitative estimate of drug-likeness (QED) is 0.118. The molecule has 0 bridgehead atoms. The maximum absolute atomic E-state index is 6.99. The van der Waals surface area contributed by atoms with E-state index in [0.717, 1.165) is 67.4 Å². The molecule has 2 aromatic heterocycles. The summed E-state index contributed by atoms with van der Waals surface area (Å²) in [6.45, 7) is -0.105. The number of hydrogen-bond acceptors (Lipinski definition) is 2. The monoisotopic (exact) mass is 934 g/mol. The number of hydrogen-bond donors (Lipinski definition) is 0. The van der Waals surface area contributed by atoms with Crippen LogP contribution >= 0.6 is 0 Å². The second-order valence-corrected chi connectivity index (χ2v) is 22.9. The highest BCUT2D eigenvalue weighted by molar-refractivity contribution is 7.20. The van der Waals surface area contributed by atoms with Gasteiger partial charge in [-0.15, -0.1) is 0 Å². The van der Waals surface area contributed by atoms with Crippen LogP contribution < -0.4 is 46.6 Å². The fourth-order valence-corrected chi connectivity index (χ4v) is 17.2. The number of nitrogens with zero attached hydrogens (tertiary/aromatic N) is 2. The molecule has 2 aliphatic rings. The van der Waals surface area contributed by atoms with Crippen molar-refractivity contribution in [3.63, 3.8) is 0 Å². The van der Waals surface area contributed by atoms with E-state index in [4.69, 9.17) is 9.47 Å². The van der Waals surface area contributed by atoms with Gasteiger partial charge in [-0.25, -0.2) is 0 Å². The second-order valence-electron chi connectivity index (χ2n) is 19.1.